The van der Waals surface area contributed by atoms with Crippen molar-refractivity contribution < 1.29 is 9.63 Å². The molecule has 0 radical (unpaired) electrons. The average Bonchev–Trinajstić information content (AvgIpc) is 2.27. The summed E-state index contributed by atoms with van der Waals surface area (Å²) in [6.45, 7) is 4.19. The fourth-order valence-electron chi connectivity index (χ4n) is 2.39. The largest absolute Gasteiger partial charge is 0.274 e. The van der Waals surface area contributed by atoms with Gasteiger partial charge in [-0.2, -0.15) is 0 Å². The molecule has 0 bridgehead atoms. The summed E-state index contributed by atoms with van der Waals surface area (Å²) in [5.74, 6) is 0.119. The maximum Gasteiger partial charge on any atom is 0.246 e. The van der Waals surface area contributed by atoms with E-state index >= 15 is 0 Å². The van der Waals surface area contributed by atoms with Gasteiger partial charge < -0.3 is 0 Å². The third-order valence-electron chi connectivity index (χ3n) is 3.30. The summed E-state index contributed by atoms with van der Waals surface area (Å²) in [5, 5.41) is 1.54. The molecule has 1 heterocycles. The van der Waals surface area contributed by atoms with Gasteiger partial charge in [0.15, 0.2) is 0 Å². The molecule has 1 atom stereocenters. The number of amides is 1. The maximum atomic E-state index is 12.0. The zero-order chi connectivity index (χ0) is 12.7. The molecule has 1 aliphatic heterocycles. The molecule has 1 unspecified atom stereocenters. The van der Waals surface area contributed by atoms with Crippen molar-refractivity contribution in [2.75, 3.05) is 7.11 Å². The predicted molar refractivity (Wildman–Crippen MR) is 69.4 cm³/mol. The Bertz CT molecular complexity index is 273. The van der Waals surface area contributed by atoms with Crippen LogP contribution >= 0.6 is 0 Å². The molecular formula is C14H25NO2. The van der Waals surface area contributed by atoms with E-state index in [1.807, 2.05) is 6.92 Å². The molecule has 0 spiro atoms. The minimum atomic E-state index is 0.119. The average molecular weight is 239 g/mol. The topological polar surface area (TPSA) is 29.5 Å². The van der Waals surface area contributed by atoms with Gasteiger partial charge in [0.25, 0.3) is 0 Å². The Hall–Kier alpha value is -0.830. The standard InChI is InChI=1S/C14H25NO2/c1-12-9-7-5-4-6-8-10-14(16)15(17-3)13(2)11-12/h9,13H,4-8,10-11H2,1-3H3. The molecule has 1 rings (SSSR count). The highest BCUT2D eigenvalue weighted by atomic mass is 16.7. The second kappa shape index (κ2) is 7.49. The Morgan fingerprint density at radius 1 is 1.29 bits per heavy atom. The lowest BCUT2D eigenvalue weighted by Gasteiger charge is -2.27. The van der Waals surface area contributed by atoms with E-state index < -0.39 is 0 Å². The van der Waals surface area contributed by atoms with Crippen LogP contribution in [0, 0.1) is 0 Å². The van der Waals surface area contributed by atoms with Crippen LogP contribution in [0.3, 0.4) is 0 Å². The minimum Gasteiger partial charge on any atom is -0.274 e. The Morgan fingerprint density at radius 3 is 2.71 bits per heavy atom. The normalized spacial score (nSPS) is 24.9. The lowest BCUT2D eigenvalue weighted by molar-refractivity contribution is -0.186. The predicted octanol–water partition coefficient (Wildman–Crippen LogP) is 3.46. The minimum absolute atomic E-state index is 0.119. The first-order valence-corrected chi connectivity index (χ1v) is 6.67. The van der Waals surface area contributed by atoms with Gasteiger partial charge in [-0.3, -0.25) is 9.63 Å². The SMILES string of the molecule is CON1C(=O)CCCCCCC=C(C)CC1C. The molecule has 17 heavy (non-hydrogen) atoms. The number of allylic oxidation sites excluding steroid dienone is 1. The fourth-order valence-corrected chi connectivity index (χ4v) is 2.39. The van der Waals surface area contributed by atoms with Crippen LogP contribution in [0.2, 0.25) is 0 Å². The molecule has 3 nitrogen and oxygen atoms in total. The molecule has 3 heteroatoms. The zero-order valence-electron chi connectivity index (χ0n) is 11.4. The number of hydroxylamine groups is 2. The van der Waals surface area contributed by atoms with Crippen LogP contribution in [0.4, 0.5) is 0 Å². The third kappa shape index (κ3) is 4.90. The Labute approximate surface area is 105 Å². The molecule has 0 aliphatic carbocycles. The van der Waals surface area contributed by atoms with Crippen molar-refractivity contribution in [2.45, 2.75) is 64.8 Å². The molecule has 98 valence electrons. The first kappa shape index (κ1) is 14.2. The Kier molecular flexibility index (Phi) is 6.27. The van der Waals surface area contributed by atoms with E-state index in [1.54, 1.807) is 12.2 Å². The number of carbonyl (C=O) groups excluding carboxylic acids is 1. The van der Waals surface area contributed by atoms with E-state index in [0.29, 0.717) is 6.42 Å². The van der Waals surface area contributed by atoms with Gasteiger partial charge in [-0.25, -0.2) is 5.06 Å². The Morgan fingerprint density at radius 2 is 2.00 bits per heavy atom. The van der Waals surface area contributed by atoms with Crippen molar-refractivity contribution in [1.82, 2.24) is 5.06 Å². The summed E-state index contributed by atoms with van der Waals surface area (Å²) in [6.07, 6.45) is 9.57. The number of rotatable bonds is 1. The van der Waals surface area contributed by atoms with Crippen molar-refractivity contribution in [3.05, 3.63) is 11.6 Å². The summed E-state index contributed by atoms with van der Waals surface area (Å²) in [4.78, 5) is 17.2. The monoisotopic (exact) mass is 239 g/mol. The molecule has 1 aliphatic rings. The van der Waals surface area contributed by atoms with E-state index in [2.05, 4.69) is 13.0 Å². The van der Waals surface area contributed by atoms with Crippen molar-refractivity contribution in [1.29, 1.82) is 0 Å². The van der Waals surface area contributed by atoms with Gasteiger partial charge in [-0.05, 0) is 39.5 Å². The summed E-state index contributed by atoms with van der Waals surface area (Å²) >= 11 is 0. The van der Waals surface area contributed by atoms with E-state index in [4.69, 9.17) is 4.84 Å². The number of carbonyl (C=O) groups is 1. The van der Waals surface area contributed by atoms with Gasteiger partial charge in [0.2, 0.25) is 5.91 Å². The molecule has 0 N–H and O–H groups in total. The molecule has 0 saturated carbocycles. The van der Waals surface area contributed by atoms with Crippen molar-refractivity contribution in [3.63, 3.8) is 0 Å². The van der Waals surface area contributed by atoms with Gasteiger partial charge in [-0.15, -0.1) is 0 Å². The van der Waals surface area contributed by atoms with E-state index in [0.717, 1.165) is 19.3 Å². The lowest BCUT2D eigenvalue weighted by Crippen LogP contribution is -2.37. The number of nitrogens with zero attached hydrogens (tertiary/aromatic N) is 1. The summed E-state index contributed by atoms with van der Waals surface area (Å²) in [5.41, 5.74) is 1.35. The van der Waals surface area contributed by atoms with Crippen LogP contribution in [0.15, 0.2) is 11.6 Å². The van der Waals surface area contributed by atoms with Crippen LogP contribution in [0.1, 0.15) is 58.8 Å². The molecule has 0 aromatic heterocycles. The molecule has 0 aromatic carbocycles. The highest BCUT2D eigenvalue weighted by Crippen LogP contribution is 2.17. The third-order valence-corrected chi connectivity index (χ3v) is 3.30. The van der Waals surface area contributed by atoms with Crippen LogP contribution in [0.5, 0.6) is 0 Å². The van der Waals surface area contributed by atoms with Gasteiger partial charge in [0.05, 0.1) is 13.2 Å². The number of hydrogen-bond donors (Lipinski definition) is 0. The molecule has 0 fully saturated rings. The van der Waals surface area contributed by atoms with Crippen molar-refractivity contribution in [3.8, 4) is 0 Å². The van der Waals surface area contributed by atoms with Crippen LogP contribution in [-0.4, -0.2) is 24.1 Å². The van der Waals surface area contributed by atoms with Gasteiger partial charge in [0, 0.05) is 6.42 Å². The Balaban J connectivity index is 2.68. The van der Waals surface area contributed by atoms with Crippen molar-refractivity contribution in [2.24, 2.45) is 0 Å². The van der Waals surface area contributed by atoms with E-state index in [1.165, 1.54) is 24.8 Å². The first-order valence-electron chi connectivity index (χ1n) is 6.67. The van der Waals surface area contributed by atoms with Gasteiger partial charge in [-0.1, -0.05) is 24.5 Å². The van der Waals surface area contributed by atoms with Crippen LogP contribution in [-0.2, 0) is 9.63 Å². The summed E-state index contributed by atoms with van der Waals surface area (Å²) in [6, 6.07) is 0.128. The zero-order valence-corrected chi connectivity index (χ0v) is 11.4. The smallest absolute Gasteiger partial charge is 0.246 e. The highest BCUT2D eigenvalue weighted by Gasteiger charge is 2.20. The molecule has 1 amide bonds. The number of hydrogen-bond acceptors (Lipinski definition) is 2. The second-order valence-corrected chi connectivity index (χ2v) is 4.96. The van der Waals surface area contributed by atoms with Crippen LogP contribution < -0.4 is 0 Å². The summed E-state index contributed by atoms with van der Waals surface area (Å²) < 4.78 is 0. The molecule has 0 aromatic rings. The quantitative estimate of drug-likeness (QED) is 0.656. The van der Waals surface area contributed by atoms with Gasteiger partial charge >= 0.3 is 0 Å². The van der Waals surface area contributed by atoms with E-state index in [9.17, 15) is 4.79 Å². The fraction of sp³-hybridized carbons (Fsp3) is 0.786. The highest BCUT2D eigenvalue weighted by molar-refractivity contribution is 5.75. The van der Waals surface area contributed by atoms with E-state index in [-0.39, 0.29) is 11.9 Å². The van der Waals surface area contributed by atoms with Gasteiger partial charge in [0.1, 0.15) is 0 Å². The lowest BCUT2D eigenvalue weighted by atomic mass is 10.0. The van der Waals surface area contributed by atoms with Crippen molar-refractivity contribution >= 4 is 5.91 Å². The molecule has 0 saturated heterocycles. The first-order chi connectivity index (χ1) is 8.15. The second-order valence-electron chi connectivity index (χ2n) is 4.96. The summed E-state index contributed by atoms with van der Waals surface area (Å²) in [7, 11) is 1.58. The molecular weight excluding hydrogens is 214 g/mol. The maximum absolute atomic E-state index is 12.0. The van der Waals surface area contributed by atoms with Crippen LogP contribution in [0.25, 0.3) is 0 Å².